The van der Waals surface area contributed by atoms with Crippen LogP contribution in [0.2, 0.25) is 0 Å². The van der Waals surface area contributed by atoms with Crippen LogP contribution in [0.15, 0.2) is 22.7 Å². The molecule has 1 aromatic carbocycles. The molecule has 17 heavy (non-hydrogen) atoms. The molecule has 0 radical (unpaired) electrons. The van der Waals surface area contributed by atoms with E-state index in [4.69, 9.17) is 0 Å². The SMILES string of the molecule is C[C@@H]1CN(CCc2ccc(F)c(Br)c2)CCN1. The summed E-state index contributed by atoms with van der Waals surface area (Å²) in [7, 11) is 0. The molecule has 0 unspecified atom stereocenters. The second-order valence-electron chi connectivity index (χ2n) is 4.65. The van der Waals surface area contributed by atoms with Crippen molar-refractivity contribution in [3.63, 3.8) is 0 Å². The fraction of sp³-hybridized carbons (Fsp3) is 0.538. The van der Waals surface area contributed by atoms with Gasteiger partial charge in [0.05, 0.1) is 4.47 Å². The fourth-order valence-corrected chi connectivity index (χ4v) is 2.62. The molecule has 1 aliphatic rings. The van der Waals surface area contributed by atoms with E-state index in [9.17, 15) is 4.39 Å². The van der Waals surface area contributed by atoms with Crippen LogP contribution in [-0.4, -0.2) is 37.1 Å². The van der Waals surface area contributed by atoms with Gasteiger partial charge in [-0.25, -0.2) is 4.39 Å². The number of nitrogens with one attached hydrogen (secondary N) is 1. The zero-order valence-corrected chi connectivity index (χ0v) is 11.6. The highest BCUT2D eigenvalue weighted by molar-refractivity contribution is 9.10. The topological polar surface area (TPSA) is 15.3 Å². The molecule has 1 fully saturated rings. The van der Waals surface area contributed by atoms with Gasteiger partial charge in [-0.05, 0) is 47.0 Å². The van der Waals surface area contributed by atoms with Crippen LogP contribution in [0, 0.1) is 5.82 Å². The largest absolute Gasteiger partial charge is 0.312 e. The van der Waals surface area contributed by atoms with Crippen LogP contribution in [0.3, 0.4) is 0 Å². The van der Waals surface area contributed by atoms with Gasteiger partial charge in [0, 0.05) is 32.2 Å². The van der Waals surface area contributed by atoms with Gasteiger partial charge in [0.2, 0.25) is 0 Å². The Morgan fingerprint density at radius 2 is 2.35 bits per heavy atom. The van der Waals surface area contributed by atoms with Gasteiger partial charge in [-0.15, -0.1) is 0 Å². The third-order valence-electron chi connectivity index (χ3n) is 3.15. The first-order chi connectivity index (χ1) is 8.15. The summed E-state index contributed by atoms with van der Waals surface area (Å²) in [4.78, 5) is 2.46. The zero-order valence-electron chi connectivity index (χ0n) is 10.0. The lowest BCUT2D eigenvalue weighted by Crippen LogP contribution is -2.49. The minimum atomic E-state index is -0.190. The average molecular weight is 301 g/mol. The van der Waals surface area contributed by atoms with Gasteiger partial charge in [0.15, 0.2) is 0 Å². The maximum Gasteiger partial charge on any atom is 0.137 e. The quantitative estimate of drug-likeness (QED) is 0.922. The van der Waals surface area contributed by atoms with Crippen LogP contribution in [0.4, 0.5) is 4.39 Å². The van der Waals surface area contributed by atoms with Crippen LogP contribution < -0.4 is 5.32 Å². The minimum absolute atomic E-state index is 0.190. The Morgan fingerprint density at radius 1 is 1.53 bits per heavy atom. The molecule has 1 atom stereocenters. The Balaban J connectivity index is 1.86. The maximum atomic E-state index is 13.1. The zero-order chi connectivity index (χ0) is 12.3. The smallest absolute Gasteiger partial charge is 0.137 e. The first-order valence-electron chi connectivity index (χ1n) is 6.05. The summed E-state index contributed by atoms with van der Waals surface area (Å²) in [5.74, 6) is -0.190. The van der Waals surface area contributed by atoms with Crippen molar-refractivity contribution in [3.8, 4) is 0 Å². The summed E-state index contributed by atoms with van der Waals surface area (Å²) in [6.07, 6.45) is 0.978. The minimum Gasteiger partial charge on any atom is -0.312 e. The number of benzene rings is 1. The van der Waals surface area contributed by atoms with Gasteiger partial charge in [-0.3, -0.25) is 0 Å². The molecule has 1 N–H and O–H groups in total. The molecule has 0 saturated carbocycles. The van der Waals surface area contributed by atoms with Crippen molar-refractivity contribution < 1.29 is 4.39 Å². The fourth-order valence-electron chi connectivity index (χ4n) is 2.20. The third kappa shape index (κ3) is 3.76. The van der Waals surface area contributed by atoms with Gasteiger partial charge >= 0.3 is 0 Å². The van der Waals surface area contributed by atoms with Crippen molar-refractivity contribution in [2.75, 3.05) is 26.2 Å². The van der Waals surface area contributed by atoms with Crippen molar-refractivity contribution in [2.45, 2.75) is 19.4 Å². The van der Waals surface area contributed by atoms with Gasteiger partial charge in [0.25, 0.3) is 0 Å². The molecule has 0 aliphatic carbocycles. The number of halogens is 2. The van der Waals surface area contributed by atoms with Crippen molar-refractivity contribution in [1.29, 1.82) is 0 Å². The molecular weight excluding hydrogens is 283 g/mol. The van der Waals surface area contributed by atoms with Crippen molar-refractivity contribution in [3.05, 3.63) is 34.1 Å². The summed E-state index contributed by atoms with van der Waals surface area (Å²) in [6, 6.07) is 5.84. The predicted molar refractivity (Wildman–Crippen MR) is 71.7 cm³/mol. The van der Waals surface area contributed by atoms with E-state index < -0.39 is 0 Å². The first kappa shape index (κ1) is 13.0. The molecule has 0 spiro atoms. The standard InChI is InChI=1S/C13H18BrFN2/c1-10-9-17(7-5-16-10)6-4-11-2-3-13(15)12(14)8-11/h2-3,8,10,16H,4-7,9H2,1H3/t10-/m1/s1. The lowest BCUT2D eigenvalue weighted by Gasteiger charge is -2.31. The van der Waals surface area contributed by atoms with Gasteiger partial charge in [-0.1, -0.05) is 6.07 Å². The lowest BCUT2D eigenvalue weighted by molar-refractivity contribution is 0.209. The summed E-state index contributed by atoms with van der Waals surface area (Å²) in [5, 5.41) is 3.43. The summed E-state index contributed by atoms with van der Waals surface area (Å²) in [6.45, 7) is 6.52. The molecule has 1 aromatic rings. The number of hydrogen-bond donors (Lipinski definition) is 1. The van der Waals surface area contributed by atoms with E-state index >= 15 is 0 Å². The molecule has 94 valence electrons. The molecular formula is C13H18BrFN2. The molecule has 1 saturated heterocycles. The first-order valence-corrected chi connectivity index (χ1v) is 6.84. The molecule has 0 aromatic heterocycles. The van der Waals surface area contributed by atoms with Gasteiger partial charge in [-0.2, -0.15) is 0 Å². The van der Waals surface area contributed by atoms with Crippen LogP contribution in [-0.2, 0) is 6.42 Å². The lowest BCUT2D eigenvalue weighted by atomic mass is 10.1. The van der Waals surface area contributed by atoms with E-state index in [1.807, 2.05) is 12.1 Å². The summed E-state index contributed by atoms with van der Waals surface area (Å²) >= 11 is 3.22. The van der Waals surface area contributed by atoms with Crippen LogP contribution >= 0.6 is 15.9 Å². The highest BCUT2D eigenvalue weighted by Crippen LogP contribution is 2.17. The van der Waals surface area contributed by atoms with Crippen LogP contribution in [0.5, 0.6) is 0 Å². The summed E-state index contributed by atoms with van der Waals surface area (Å²) in [5.41, 5.74) is 1.18. The second kappa shape index (κ2) is 5.94. The Bertz CT molecular complexity index is 384. The number of hydrogen-bond acceptors (Lipinski definition) is 2. The van der Waals surface area contributed by atoms with Crippen LogP contribution in [0.25, 0.3) is 0 Å². The van der Waals surface area contributed by atoms with E-state index in [2.05, 4.69) is 33.1 Å². The highest BCUT2D eigenvalue weighted by atomic mass is 79.9. The van der Waals surface area contributed by atoms with E-state index in [0.29, 0.717) is 10.5 Å². The molecule has 1 aliphatic heterocycles. The van der Waals surface area contributed by atoms with E-state index in [0.717, 1.165) is 32.6 Å². The Hall–Kier alpha value is -0.450. The highest BCUT2D eigenvalue weighted by Gasteiger charge is 2.14. The van der Waals surface area contributed by atoms with Gasteiger partial charge < -0.3 is 10.2 Å². The second-order valence-corrected chi connectivity index (χ2v) is 5.51. The number of piperazine rings is 1. The van der Waals surface area contributed by atoms with E-state index in [1.54, 1.807) is 0 Å². The molecule has 4 heteroatoms. The maximum absolute atomic E-state index is 13.1. The predicted octanol–water partition coefficient (Wildman–Crippen LogP) is 2.42. The molecule has 2 rings (SSSR count). The number of rotatable bonds is 3. The van der Waals surface area contributed by atoms with E-state index in [-0.39, 0.29) is 5.82 Å². The normalized spacial score (nSPS) is 21.7. The van der Waals surface area contributed by atoms with Crippen LogP contribution in [0.1, 0.15) is 12.5 Å². The molecule has 2 nitrogen and oxygen atoms in total. The molecule has 1 heterocycles. The Kier molecular flexibility index (Phi) is 4.54. The summed E-state index contributed by atoms with van der Waals surface area (Å²) < 4.78 is 13.6. The Labute approximate surface area is 110 Å². The molecule has 0 amide bonds. The monoisotopic (exact) mass is 300 g/mol. The van der Waals surface area contributed by atoms with Gasteiger partial charge in [0.1, 0.15) is 5.82 Å². The van der Waals surface area contributed by atoms with Crippen molar-refractivity contribution in [1.82, 2.24) is 10.2 Å². The van der Waals surface area contributed by atoms with Crippen molar-refractivity contribution in [2.24, 2.45) is 0 Å². The molecule has 0 bridgehead atoms. The Morgan fingerprint density at radius 3 is 3.06 bits per heavy atom. The number of nitrogens with zero attached hydrogens (tertiary/aromatic N) is 1. The van der Waals surface area contributed by atoms with E-state index in [1.165, 1.54) is 11.6 Å². The average Bonchev–Trinajstić information content (AvgIpc) is 2.31. The third-order valence-corrected chi connectivity index (χ3v) is 3.76. The van der Waals surface area contributed by atoms with Crippen molar-refractivity contribution >= 4 is 15.9 Å².